The van der Waals surface area contributed by atoms with Crippen molar-refractivity contribution in [2.24, 2.45) is 0 Å². The maximum absolute atomic E-state index is 12.1. The Kier molecular flexibility index (Phi) is 3.81. The maximum atomic E-state index is 12.1. The second-order valence-electron chi connectivity index (χ2n) is 4.88. The molecule has 0 unspecified atom stereocenters. The van der Waals surface area contributed by atoms with Crippen molar-refractivity contribution in [2.75, 3.05) is 5.32 Å². The Balaban J connectivity index is 1.79. The molecule has 112 valence electrons. The van der Waals surface area contributed by atoms with Crippen molar-refractivity contribution in [3.05, 3.63) is 63.1 Å². The lowest BCUT2D eigenvalue weighted by Crippen LogP contribution is -2.28. The molecule has 0 radical (unpaired) electrons. The van der Waals surface area contributed by atoms with Gasteiger partial charge < -0.3 is 5.32 Å². The summed E-state index contributed by atoms with van der Waals surface area (Å²) in [6, 6.07) is 10.8. The van der Waals surface area contributed by atoms with Gasteiger partial charge in [0.2, 0.25) is 5.91 Å². The molecule has 7 heteroatoms. The van der Waals surface area contributed by atoms with Gasteiger partial charge in [0.1, 0.15) is 6.54 Å². The van der Waals surface area contributed by atoms with Crippen molar-refractivity contribution >= 4 is 33.2 Å². The Bertz CT molecular complexity index is 913. The van der Waals surface area contributed by atoms with Gasteiger partial charge in [0.25, 0.3) is 0 Å². The predicted octanol–water partition coefficient (Wildman–Crippen LogP) is 2.21. The van der Waals surface area contributed by atoms with Crippen LogP contribution in [0.2, 0.25) is 0 Å². The molecule has 0 saturated carbocycles. The lowest BCUT2D eigenvalue weighted by atomic mass is 10.2. The number of aryl methyl sites for hydroxylation is 1. The number of nitrogens with one attached hydrogen (secondary N) is 1. The number of aromatic nitrogens is 3. The van der Waals surface area contributed by atoms with Crippen molar-refractivity contribution in [3.63, 3.8) is 0 Å². The molecule has 6 nitrogen and oxygen atoms in total. The third kappa shape index (κ3) is 2.80. The van der Waals surface area contributed by atoms with Crippen LogP contribution in [0, 0.1) is 6.92 Å². The first-order chi connectivity index (χ1) is 10.5. The molecule has 0 aliphatic heterocycles. The third-order valence-electron chi connectivity index (χ3n) is 3.22. The average Bonchev–Trinajstić information content (AvgIpc) is 2.80. The van der Waals surface area contributed by atoms with Gasteiger partial charge >= 0.3 is 5.69 Å². The fourth-order valence-electron chi connectivity index (χ4n) is 2.13. The Morgan fingerprint density at radius 3 is 2.86 bits per heavy atom. The number of pyridine rings is 1. The van der Waals surface area contributed by atoms with Crippen LogP contribution in [0.25, 0.3) is 5.65 Å². The van der Waals surface area contributed by atoms with E-state index in [4.69, 9.17) is 0 Å². The highest BCUT2D eigenvalue weighted by Crippen LogP contribution is 2.19. The summed E-state index contributed by atoms with van der Waals surface area (Å²) in [7, 11) is 0. The molecular weight excluding hydrogens is 348 g/mol. The minimum atomic E-state index is -0.335. The van der Waals surface area contributed by atoms with Crippen molar-refractivity contribution in [1.29, 1.82) is 0 Å². The van der Waals surface area contributed by atoms with Crippen LogP contribution in [0.5, 0.6) is 0 Å². The first-order valence-electron chi connectivity index (χ1n) is 6.65. The summed E-state index contributed by atoms with van der Waals surface area (Å²) >= 11 is 3.41. The molecule has 0 saturated heterocycles. The topological polar surface area (TPSA) is 68.4 Å². The van der Waals surface area contributed by atoms with E-state index in [2.05, 4.69) is 26.3 Å². The van der Waals surface area contributed by atoms with E-state index in [0.29, 0.717) is 11.3 Å². The van der Waals surface area contributed by atoms with Gasteiger partial charge in [-0.15, -0.1) is 5.10 Å². The number of hydrogen-bond acceptors (Lipinski definition) is 3. The molecule has 1 N–H and O–H groups in total. The largest absolute Gasteiger partial charge is 0.350 e. The van der Waals surface area contributed by atoms with Crippen molar-refractivity contribution < 1.29 is 4.79 Å². The zero-order valence-electron chi connectivity index (χ0n) is 11.8. The van der Waals surface area contributed by atoms with Crippen molar-refractivity contribution in [2.45, 2.75) is 13.5 Å². The minimum Gasteiger partial charge on any atom is -0.324 e. The molecule has 22 heavy (non-hydrogen) atoms. The Labute approximate surface area is 134 Å². The number of halogens is 1. The van der Waals surface area contributed by atoms with Crippen LogP contribution in [-0.2, 0) is 11.3 Å². The summed E-state index contributed by atoms with van der Waals surface area (Å²) in [5, 5.41) is 6.89. The van der Waals surface area contributed by atoms with E-state index in [1.165, 1.54) is 4.40 Å². The minimum absolute atomic E-state index is 0.129. The zero-order chi connectivity index (χ0) is 15.7. The van der Waals surface area contributed by atoms with E-state index >= 15 is 0 Å². The van der Waals surface area contributed by atoms with Crippen LogP contribution in [0.15, 0.2) is 51.9 Å². The average molecular weight is 361 g/mol. The summed E-state index contributed by atoms with van der Waals surface area (Å²) in [4.78, 5) is 24.2. The maximum Gasteiger partial charge on any atom is 0.350 e. The van der Waals surface area contributed by atoms with Gasteiger partial charge in [0.15, 0.2) is 5.65 Å². The van der Waals surface area contributed by atoms with E-state index in [0.717, 1.165) is 14.7 Å². The lowest BCUT2D eigenvalue weighted by Gasteiger charge is -2.06. The lowest BCUT2D eigenvalue weighted by molar-refractivity contribution is -0.117. The SMILES string of the molecule is Cc1cc(NC(=O)Cn2nc3ccccn3c2=O)ccc1Br. The van der Waals surface area contributed by atoms with Gasteiger partial charge in [-0.25, -0.2) is 9.48 Å². The van der Waals surface area contributed by atoms with Gasteiger partial charge in [-0.05, 0) is 42.8 Å². The zero-order valence-corrected chi connectivity index (χ0v) is 13.4. The standard InChI is InChI=1S/C15H13BrN4O2/c1-10-8-11(5-6-12(10)16)17-14(21)9-20-15(22)19-7-3-2-4-13(19)18-20/h2-8H,9H2,1H3,(H,17,21). The fraction of sp³-hybridized carbons (Fsp3) is 0.133. The van der Waals surface area contributed by atoms with Crippen LogP contribution in [0.1, 0.15) is 5.56 Å². The second-order valence-corrected chi connectivity index (χ2v) is 5.74. The number of carbonyl (C=O) groups is 1. The van der Waals surface area contributed by atoms with Gasteiger partial charge in [0.05, 0.1) is 0 Å². The highest BCUT2D eigenvalue weighted by Gasteiger charge is 2.10. The molecule has 0 aliphatic rings. The Morgan fingerprint density at radius 2 is 2.14 bits per heavy atom. The summed E-state index contributed by atoms with van der Waals surface area (Å²) < 4.78 is 3.52. The van der Waals surface area contributed by atoms with Gasteiger partial charge in [0, 0.05) is 16.4 Å². The predicted molar refractivity (Wildman–Crippen MR) is 87.0 cm³/mol. The summed E-state index contributed by atoms with van der Waals surface area (Å²) in [5.74, 6) is -0.299. The molecule has 1 aromatic carbocycles. The first-order valence-corrected chi connectivity index (χ1v) is 7.44. The number of carbonyl (C=O) groups excluding carboxylic acids is 1. The van der Waals surface area contributed by atoms with E-state index in [-0.39, 0.29) is 18.1 Å². The number of anilines is 1. The van der Waals surface area contributed by atoms with Crippen LogP contribution < -0.4 is 11.0 Å². The first kappa shape index (κ1) is 14.5. The molecule has 2 aromatic heterocycles. The highest BCUT2D eigenvalue weighted by molar-refractivity contribution is 9.10. The Hall–Kier alpha value is -2.41. The molecule has 3 aromatic rings. The number of hydrogen-bond donors (Lipinski definition) is 1. The third-order valence-corrected chi connectivity index (χ3v) is 4.11. The van der Waals surface area contributed by atoms with E-state index in [1.54, 1.807) is 30.5 Å². The van der Waals surface area contributed by atoms with Crippen LogP contribution in [0.4, 0.5) is 5.69 Å². The van der Waals surface area contributed by atoms with Crippen molar-refractivity contribution in [1.82, 2.24) is 14.2 Å². The Morgan fingerprint density at radius 1 is 1.32 bits per heavy atom. The quantitative estimate of drug-likeness (QED) is 0.778. The molecule has 2 heterocycles. The fourth-order valence-corrected chi connectivity index (χ4v) is 2.38. The van der Waals surface area contributed by atoms with Crippen LogP contribution >= 0.6 is 15.9 Å². The monoisotopic (exact) mass is 360 g/mol. The smallest absolute Gasteiger partial charge is 0.324 e. The van der Waals surface area contributed by atoms with E-state index in [9.17, 15) is 9.59 Å². The van der Waals surface area contributed by atoms with Crippen molar-refractivity contribution in [3.8, 4) is 0 Å². The molecule has 0 bridgehead atoms. The normalized spacial score (nSPS) is 10.8. The molecule has 0 atom stereocenters. The number of amides is 1. The molecule has 1 amide bonds. The molecule has 3 rings (SSSR count). The van der Waals surface area contributed by atoms with Crippen LogP contribution in [-0.4, -0.2) is 20.1 Å². The van der Waals surface area contributed by atoms with Gasteiger partial charge in [-0.1, -0.05) is 22.0 Å². The second kappa shape index (κ2) is 5.76. The number of fused-ring (bicyclic) bond motifs is 1. The number of nitrogens with zero attached hydrogens (tertiary/aromatic N) is 3. The molecule has 0 aliphatic carbocycles. The van der Waals surface area contributed by atoms with Crippen LogP contribution in [0.3, 0.4) is 0 Å². The number of benzene rings is 1. The highest BCUT2D eigenvalue weighted by atomic mass is 79.9. The van der Waals surface area contributed by atoms with Gasteiger partial charge in [-0.2, -0.15) is 0 Å². The summed E-state index contributed by atoms with van der Waals surface area (Å²) in [6.45, 7) is 1.81. The van der Waals surface area contributed by atoms with E-state index < -0.39 is 0 Å². The molecule has 0 fully saturated rings. The summed E-state index contributed by atoms with van der Waals surface area (Å²) in [6.07, 6.45) is 1.62. The van der Waals surface area contributed by atoms with Gasteiger partial charge in [-0.3, -0.25) is 9.20 Å². The molecular formula is C15H13BrN4O2. The molecule has 0 spiro atoms. The van der Waals surface area contributed by atoms with E-state index in [1.807, 2.05) is 19.1 Å². The number of rotatable bonds is 3. The summed E-state index contributed by atoms with van der Waals surface area (Å²) in [5.41, 5.74) is 1.88.